The van der Waals surface area contributed by atoms with Crippen molar-refractivity contribution in [3.05, 3.63) is 22.7 Å². The van der Waals surface area contributed by atoms with Crippen LogP contribution in [0.5, 0.6) is 0 Å². The molecular weight excluding hydrogens is 254 g/mol. The number of rotatable bonds is 5. The Kier molecular flexibility index (Phi) is 5.19. The fourth-order valence-corrected chi connectivity index (χ4v) is 2.02. The van der Waals surface area contributed by atoms with Crippen LogP contribution in [0, 0.1) is 0 Å². The zero-order valence-corrected chi connectivity index (χ0v) is 11.1. The lowest BCUT2D eigenvalue weighted by atomic mass is 9.99. The Morgan fingerprint density at radius 2 is 2.20 bits per heavy atom. The summed E-state index contributed by atoms with van der Waals surface area (Å²) in [7, 11) is 0. The molecule has 84 valence electrons. The van der Waals surface area contributed by atoms with Crippen molar-refractivity contribution in [3.8, 4) is 0 Å². The van der Waals surface area contributed by atoms with Crippen LogP contribution in [0.3, 0.4) is 0 Å². The Balaban J connectivity index is 2.67. The van der Waals surface area contributed by atoms with E-state index in [0.717, 1.165) is 23.1 Å². The van der Waals surface area contributed by atoms with E-state index in [1.54, 1.807) is 12.5 Å². The predicted molar refractivity (Wildman–Crippen MR) is 65.9 cm³/mol. The molecule has 1 heterocycles. The van der Waals surface area contributed by atoms with Gasteiger partial charge in [0.25, 0.3) is 0 Å². The molecule has 15 heavy (non-hydrogen) atoms. The Labute approximate surface area is 99.8 Å². The lowest BCUT2D eigenvalue weighted by molar-refractivity contribution is 0.473. The van der Waals surface area contributed by atoms with Gasteiger partial charge in [0.1, 0.15) is 6.33 Å². The van der Waals surface area contributed by atoms with Crippen LogP contribution in [-0.2, 0) is 0 Å². The van der Waals surface area contributed by atoms with Gasteiger partial charge in [-0.1, -0.05) is 13.8 Å². The summed E-state index contributed by atoms with van der Waals surface area (Å²) >= 11 is 3.48. The highest BCUT2D eigenvalue weighted by atomic mass is 79.9. The van der Waals surface area contributed by atoms with Crippen molar-refractivity contribution < 1.29 is 0 Å². The van der Waals surface area contributed by atoms with E-state index in [9.17, 15) is 0 Å². The summed E-state index contributed by atoms with van der Waals surface area (Å²) in [6, 6.07) is 0.427. The molecule has 0 radical (unpaired) electrons. The summed E-state index contributed by atoms with van der Waals surface area (Å²) in [5, 5.41) is 3.48. The summed E-state index contributed by atoms with van der Waals surface area (Å²) in [5.74, 6) is 0.383. The van der Waals surface area contributed by atoms with Gasteiger partial charge in [0, 0.05) is 18.2 Å². The van der Waals surface area contributed by atoms with Crippen LogP contribution in [0.4, 0.5) is 0 Å². The summed E-state index contributed by atoms with van der Waals surface area (Å²) in [6.45, 7) is 7.59. The number of nitrogens with one attached hydrogen (secondary N) is 1. The molecule has 0 bridgehead atoms. The second kappa shape index (κ2) is 6.18. The molecule has 0 spiro atoms. The number of halogens is 1. The highest BCUT2D eigenvalue weighted by Gasteiger charge is 2.17. The zero-order valence-electron chi connectivity index (χ0n) is 9.50. The van der Waals surface area contributed by atoms with Crippen molar-refractivity contribution in [2.75, 3.05) is 6.54 Å². The minimum atomic E-state index is 0.383. The maximum atomic E-state index is 4.31. The number of aromatic nitrogens is 2. The smallest absolute Gasteiger partial charge is 0.115 e. The average Bonchev–Trinajstić information content (AvgIpc) is 2.25. The predicted octanol–water partition coefficient (Wildman–Crippen LogP) is 2.73. The van der Waals surface area contributed by atoms with Gasteiger partial charge in [-0.15, -0.1) is 0 Å². The van der Waals surface area contributed by atoms with E-state index in [2.05, 4.69) is 52.0 Å². The van der Waals surface area contributed by atoms with E-state index in [1.165, 1.54) is 0 Å². The van der Waals surface area contributed by atoms with Gasteiger partial charge in [-0.05, 0) is 35.8 Å². The van der Waals surface area contributed by atoms with Crippen molar-refractivity contribution in [3.63, 3.8) is 0 Å². The molecule has 0 aromatic carbocycles. The van der Waals surface area contributed by atoms with Crippen LogP contribution in [-0.4, -0.2) is 22.6 Å². The molecule has 2 atom stereocenters. The van der Waals surface area contributed by atoms with Gasteiger partial charge in [0.05, 0.1) is 10.2 Å². The van der Waals surface area contributed by atoms with Crippen LogP contribution in [0.2, 0.25) is 0 Å². The van der Waals surface area contributed by atoms with E-state index in [0.29, 0.717) is 12.0 Å². The lowest BCUT2D eigenvalue weighted by Gasteiger charge is -2.21. The fourth-order valence-electron chi connectivity index (χ4n) is 1.44. The van der Waals surface area contributed by atoms with Crippen molar-refractivity contribution in [1.82, 2.24) is 15.3 Å². The molecule has 0 aliphatic heterocycles. The van der Waals surface area contributed by atoms with Crippen LogP contribution < -0.4 is 5.32 Å². The molecule has 4 heteroatoms. The topological polar surface area (TPSA) is 37.8 Å². The van der Waals surface area contributed by atoms with Crippen molar-refractivity contribution in [1.29, 1.82) is 0 Å². The maximum Gasteiger partial charge on any atom is 0.115 e. The Morgan fingerprint density at radius 3 is 2.80 bits per heavy atom. The van der Waals surface area contributed by atoms with E-state index >= 15 is 0 Å². The average molecular weight is 272 g/mol. The largest absolute Gasteiger partial charge is 0.314 e. The second-order valence-corrected chi connectivity index (χ2v) is 4.64. The van der Waals surface area contributed by atoms with Crippen LogP contribution in [0.1, 0.15) is 38.8 Å². The quantitative estimate of drug-likeness (QED) is 0.895. The van der Waals surface area contributed by atoms with Crippen molar-refractivity contribution >= 4 is 15.9 Å². The summed E-state index contributed by atoms with van der Waals surface area (Å²) in [5.41, 5.74) is 1.07. The zero-order chi connectivity index (χ0) is 11.3. The van der Waals surface area contributed by atoms with E-state index < -0.39 is 0 Å². The summed E-state index contributed by atoms with van der Waals surface area (Å²) in [6.07, 6.45) is 4.55. The molecular formula is C11H18BrN3. The number of nitrogens with zero attached hydrogens (tertiary/aromatic N) is 2. The molecule has 0 saturated heterocycles. The van der Waals surface area contributed by atoms with Crippen molar-refractivity contribution in [2.24, 2.45) is 0 Å². The van der Waals surface area contributed by atoms with Crippen LogP contribution in [0.15, 0.2) is 17.0 Å². The number of hydrogen-bond donors (Lipinski definition) is 1. The molecule has 1 aromatic rings. The standard InChI is InChI=1S/C11H18BrN3/c1-4-5-14-9(3)8(2)11-10(12)6-13-7-15-11/h6-9,14H,4-5H2,1-3H3. The van der Waals surface area contributed by atoms with Crippen LogP contribution in [0.25, 0.3) is 0 Å². The molecule has 0 amide bonds. The second-order valence-electron chi connectivity index (χ2n) is 3.79. The van der Waals surface area contributed by atoms with Gasteiger partial charge in [-0.2, -0.15) is 0 Å². The minimum absolute atomic E-state index is 0.383. The SMILES string of the molecule is CCCNC(C)C(C)c1ncncc1Br. The van der Waals surface area contributed by atoms with Gasteiger partial charge >= 0.3 is 0 Å². The van der Waals surface area contributed by atoms with Crippen molar-refractivity contribution in [2.45, 2.75) is 39.2 Å². The number of hydrogen-bond acceptors (Lipinski definition) is 3. The third kappa shape index (κ3) is 3.54. The molecule has 0 aliphatic rings. The van der Waals surface area contributed by atoms with E-state index in [1.807, 2.05) is 0 Å². The first-order valence-corrected chi connectivity index (χ1v) is 6.14. The van der Waals surface area contributed by atoms with Crippen LogP contribution >= 0.6 is 15.9 Å². The minimum Gasteiger partial charge on any atom is -0.314 e. The summed E-state index contributed by atoms with van der Waals surface area (Å²) < 4.78 is 0.989. The molecule has 2 unspecified atom stereocenters. The molecule has 1 aromatic heterocycles. The van der Waals surface area contributed by atoms with Gasteiger partial charge < -0.3 is 5.32 Å². The normalized spacial score (nSPS) is 14.9. The highest BCUT2D eigenvalue weighted by Crippen LogP contribution is 2.23. The Morgan fingerprint density at radius 1 is 1.47 bits per heavy atom. The van der Waals surface area contributed by atoms with Gasteiger partial charge in [-0.25, -0.2) is 9.97 Å². The van der Waals surface area contributed by atoms with E-state index in [4.69, 9.17) is 0 Å². The first-order chi connectivity index (χ1) is 7.16. The monoisotopic (exact) mass is 271 g/mol. The Hall–Kier alpha value is -0.480. The first kappa shape index (κ1) is 12.6. The first-order valence-electron chi connectivity index (χ1n) is 5.35. The third-order valence-corrected chi connectivity index (χ3v) is 3.20. The van der Waals surface area contributed by atoms with Gasteiger partial charge in [0.2, 0.25) is 0 Å². The summed E-state index contributed by atoms with van der Waals surface area (Å²) in [4.78, 5) is 8.28. The molecule has 1 rings (SSSR count). The van der Waals surface area contributed by atoms with Gasteiger partial charge in [0.15, 0.2) is 0 Å². The highest BCUT2D eigenvalue weighted by molar-refractivity contribution is 9.10. The molecule has 0 fully saturated rings. The van der Waals surface area contributed by atoms with E-state index in [-0.39, 0.29) is 0 Å². The third-order valence-electron chi connectivity index (χ3n) is 2.59. The molecule has 0 aliphatic carbocycles. The van der Waals surface area contributed by atoms with Gasteiger partial charge in [-0.3, -0.25) is 0 Å². The maximum absolute atomic E-state index is 4.31. The molecule has 1 N–H and O–H groups in total. The fraction of sp³-hybridized carbons (Fsp3) is 0.636. The molecule has 0 saturated carbocycles. The molecule has 3 nitrogen and oxygen atoms in total. The Bertz CT molecular complexity index is 304. The lowest BCUT2D eigenvalue weighted by Crippen LogP contribution is -2.32.